The van der Waals surface area contributed by atoms with Gasteiger partial charge in [-0.2, -0.15) is 0 Å². The van der Waals surface area contributed by atoms with E-state index in [1.807, 2.05) is 26.0 Å². The number of benzene rings is 1. The van der Waals surface area contributed by atoms with Gasteiger partial charge in [-0.25, -0.2) is 4.98 Å². The van der Waals surface area contributed by atoms with E-state index < -0.39 is 0 Å². The largest absolute Gasteiger partial charge is 0.424 e. The predicted molar refractivity (Wildman–Crippen MR) is 125 cm³/mol. The fourth-order valence-electron chi connectivity index (χ4n) is 4.17. The Morgan fingerprint density at radius 2 is 1.97 bits per heavy atom. The highest BCUT2D eigenvalue weighted by Crippen LogP contribution is 2.36. The number of thiophene rings is 1. The first kappa shape index (κ1) is 20.5. The molecule has 0 atom stereocenters. The highest BCUT2D eigenvalue weighted by Gasteiger charge is 2.23. The van der Waals surface area contributed by atoms with Crippen molar-refractivity contribution in [3.05, 3.63) is 61.9 Å². The average Bonchev–Trinajstić information content (AvgIpc) is 3.37. The summed E-state index contributed by atoms with van der Waals surface area (Å²) >= 11 is 3.15. The SMILES string of the molecule is CCc1nnc(CSc2nc3sc4c(c3c(=O)n2-c2ccc(C)cc2C)CCCC4)o1. The van der Waals surface area contributed by atoms with Gasteiger partial charge in [0.25, 0.3) is 5.56 Å². The van der Waals surface area contributed by atoms with Crippen LogP contribution in [-0.2, 0) is 25.0 Å². The summed E-state index contributed by atoms with van der Waals surface area (Å²) in [5.74, 6) is 1.64. The van der Waals surface area contributed by atoms with Crippen LogP contribution < -0.4 is 5.56 Å². The Morgan fingerprint density at radius 1 is 1.16 bits per heavy atom. The second-order valence-corrected chi connectivity index (χ2v) is 9.97. The summed E-state index contributed by atoms with van der Waals surface area (Å²) in [5.41, 5.74) is 4.34. The van der Waals surface area contributed by atoms with Gasteiger partial charge in [-0.05, 0) is 56.7 Å². The molecule has 0 aliphatic heterocycles. The maximum Gasteiger partial charge on any atom is 0.267 e. The van der Waals surface area contributed by atoms with Crippen LogP contribution in [0.5, 0.6) is 0 Å². The minimum atomic E-state index is 0.0265. The lowest BCUT2D eigenvalue weighted by Gasteiger charge is -2.15. The molecule has 31 heavy (non-hydrogen) atoms. The molecule has 1 aliphatic carbocycles. The van der Waals surface area contributed by atoms with E-state index in [1.165, 1.54) is 34.2 Å². The molecule has 3 heterocycles. The van der Waals surface area contributed by atoms with Gasteiger partial charge < -0.3 is 4.42 Å². The number of rotatable bonds is 5. The van der Waals surface area contributed by atoms with Gasteiger partial charge in [-0.1, -0.05) is 36.4 Å². The van der Waals surface area contributed by atoms with E-state index in [1.54, 1.807) is 15.9 Å². The standard InChI is InChI=1S/C23H24N4O2S2/c1-4-18-25-26-19(29-18)12-30-23-24-21-20(15-7-5-6-8-17(15)31-21)22(28)27(23)16-10-9-13(2)11-14(16)3/h9-11H,4-8,12H2,1-3H3. The molecule has 0 unspecified atom stereocenters. The molecule has 0 N–H and O–H groups in total. The van der Waals surface area contributed by atoms with Crippen molar-refractivity contribution in [2.24, 2.45) is 0 Å². The second kappa shape index (κ2) is 8.24. The molecule has 8 heteroatoms. The van der Waals surface area contributed by atoms with Gasteiger partial charge in [0.2, 0.25) is 11.8 Å². The van der Waals surface area contributed by atoms with Gasteiger partial charge in [0, 0.05) is 11.3 Å². The smallest absolute Gasteiger partial charge is 0.267 e. The Morgan fingerprint density at radius 3 is 2.74 bits per heavy atom. The van der Waals surface area contributed by atoms with Crippen molar-refractivity contribution < 1.29 is 4.42 Å². The number of aromatic nitrogens is 4. The number of thioether (sulfide) groups is 1. The molecule has 4 aromatic rings. The molecule has 1 aliphatic rings. The lowest BCUT2D eigenvalue weighted by Crippen LogP contribution is -2.23. The molecule has 0 spiro atoms. The Kier molecular flexibility index (Phi) is 5.44. The molecule has 0 fully saturated rings. The van der Waals surface area contributed by atoms with Crippen molar-refractivity contribution in [3.8, 4) is 5.69 Å². The van der Waals surface area contributed by atoms with E-state index in [-0.39, 0.29) is 5.56 Å². The van der Waals surface area contributed by atoms with Crippen LogP contribution >= 0.6 is 23.1 Å². The van der Waals surface area contributed by atoms with Crippen LogP contribution in [-0.4, -0.2) is 19.7 Å². The number of hydrogen-bond donors (Lipinski definition) is 0. The van der Waals surface area contributed by atoms with Crippen LogP contribution in [0.1, 0.15) is 53.1 Å². The van der Waals surface area contributed by atoms with Gasteiger partial charge in [-0.15, -0.1) is 21.5 Å². The van der Waals surface area contributed by atoms with Gasteiger partial charge in [0.1, 0.15) is 4.83 Å². The Balaban J connectivity index is 1.67. The zero-order valence-electron chi connectivity index (χ0n) is 17.9. The lowest BCUT2D eigenvalue weighted by atomic mass is 9.97. The average molecular weight is 453 g/mol. The molecule has 0 saturated heterocycles. The first-order chi connectivity index (χ1) is 15.0. The maximum atomic E-state index is 13.8. The van der Waals surface area contributed by atoms with Crippen molar-refractivity contribution in [1.82, 2.24) is 19.7 Å². The summed E-state index contributed by atoms with van der Waals surface area (Å²) in [6.07, 6.45) is 5.03. The van der Waals surface area contributed by atoms with E-state index in [0.717, 1.165) is 40.7 Å². The molecular formula is C23H24N4O2S2. The highest BCUT2D eigenvalue weighted by molar-refractivity contribution is 7.98. The number of hydrogen-bond acceptors (Lipinski definition) is 7. The first-order valence-electron chi connectivity index (χ1n) is 10.6. The monoisotopic (exact) mass is 452 g/mol. The van der Waals surface area contributed by atoms with E-state index >= 15 is 0 Å². The van der Waals surface area contributed by atoms with Crippen molar-refractivity contribution in [2.45, 2.75) is 63.8 Å². The lowest BCUT2D eigenvalue weighted by molar-refractivity contribution is 0.469. The van der Waals surface area contributed by atoms with Crippen molar-refractivity contribution >= 4 is 33.3 Å². The van der Waals surface area contributed by atoms with Crippen molar-refractivity contribution in [1.29, 1.82) is 0 Å². The predicted octanol–water partition coefficient (Wildman–Crippen LogP) is 5.18. The van der Waals surface area contributed by atoms with Crippen LogP contribution in [0.4, 0.5) is 0 Å². The molecule has 0 bridgehead atoms. The summed E-state index contributed by atoms with van der Waals surface area (Å²) in [6, 6.07) is 6.17. The molecular weight excluding hydrogens is 428 g/mol. The van der Waals surface area contributed by atoms with E-state index in [9.17, 15) is 4.79 Å². The minimum Gasteiger partial charge on any atom is -0.424 e. The number of aryl methyl sites for hydroxylation is 5. The van der Waals surface area contributed by atoms with Gasteiger partial charge in [0.15, 0.2) is 5.16 Å². The quantitative estimate of drug-likeness (QED) is 0.307. The van der Waals surface area contributed by atoms with Crippen LogP contribution in [0.15, 0.2) is 32.6 Å². The molecule has 160 valence electrons. The third kappa shape index (κ3) is 3.72. The van der Waals surface area contributed by atoms with E-state index in [0.29, 0.717) is 29.1 Å². The molecule has 6 nitrogen and oxygen atoms in total. The van der Waals surface area contributed by atoms with E-state index in [2.05, 4.69) is 23.2 Å². The fraction of sp³-hybridized carbons (Fsp3) is 0.391. The zero-order chi connectivity index (χ0) is 21.5. The van der Waals surface area contributed by atoms with Crippen molar-refractivity contribution in [3.63, 3.8) is 0 Å². The Bertz CT molecular complexity index is 1340. The van der Waals surface area contributed by atoms with E-state index in [4.69, 9.17) is 9.40 Å². The summed E-state index contributed by atoms with van der Waals surface area (Å²) in [5, 5.41) is 9.63. The summed E-state index contributed by atoms with van der Waals surface area (Å²) < 4.78 is 7.45. The van der Waals surface area contributed by atoms with Gasteiger partial charge in [-0.3, -0.25) is 9.36 Å². The minimum absolute atomic E-state index is 0.0265. The van der Waals surface area contributed by atoms with Crippen LogP contribution in [0, 0.1) is 13.8 Å². The summed E-state index contributed by atoms with van der Waals surface area (Å²) in [4.78, 5) is 21.0. The van der Waals surface area contributed by atoms with Gasteiger partial charge >= 0.3 is 0 Å². The Hall–Kier alpha value is -2.45. The first-order valence-corrected chi connectivity index (χ1v) is 12.4. The maximum absolute atomic E-state index is 13.8. The van der Waals surface area contributed by atoms with Crippen LogP contribution in [0.3, 0.4) is 0 Å². The fourth-order valence-corrected chi connectivity index (χ4v) is 6.31. The number of fused-ring (bicyclic) bond motifs is 3. The molecule has 1 aromatic carbocycles. The topological polar surface area (TPSA) is 73.8 Å². The summed E-state index contributed by atoms with van der Waals surface area (Å²) in [6.45, 7) is 6.09. The molecule has 0 radical (unpaired) electrons. The third-order valence-corrected chi connectivity index (χ3v) is 7.80. The zero-order valence-corrected chi connectivity index (χ0v) is 19.5. The molecule has 0 amide bonds. The second-order valence-electron chi connectivity index (χ2n) is 7.95. The molecule has 3 aromatic heterocycles. The summed E-state index contributed by atoms with van der Waals surface area (Å²) in [7, 11) is 0. The Labute approximate surface area is 188 Å². The molecule has 5 rings (SSSR count). The number of nitrogens with zero attached hydrogens (tertiary/aromatic N) is 4. The van der Waals surface area contributed by atoms with Gasteiger partial charge in [0.05, 0.1) is 16.8 Å². The van der Waals surface area contributed by atoms with Crippen molar-refractivity contribution in [2.75, 3.05) is 0 Å². The normalized spacial score (nSPS) is 13.6. The van der Waals surface area contributed by atoms with Crippen LogP contribution in [0.2, 0.25) is 0 Å². The molecule has 0 saturated carbocycles. The third-order valence-electron chi connectivity index (χ3n) is 5.69. The van der Waals surface area contributed by atoms with Crippen LogP contribution in [0.25, 0.3) is 15.9 Å². The highest BCUT2D eigenvalue weighted by atomic mass is 32.2.